The maximum Gasteiger partial charge on any atom is 0.313 e. The van der Waals surface area contributed by atoms with Crippen molar-refractivity contribution in [1.29, 1.82) is 0 Å². The second kappa shape index (κ2) is 19.3. The number of benzene rings is 1. The molecule has 0 bridgehead atoms. The second-order valence-corrected chi connectivity index (χ2v) is 8.70. The fraction of sp³-hybridized carbons (Fsp3) is 0.483. The number of anilines is 1. The van der Waals surface area contributed by atoms with Gasteiger partial charge in [0.25, 0.3) is 0 Å². The Labute approximate surface area is 224 Å². The third-order valence-electron chi connectivity index (χ3n) is 5.94. The van der Waals surface area contributed by atoms with Crippen molar-refractivity contribution in [1.82, 2.24) is 0 Å². The molecule has 0 aromatic heterocycles. The molecule has 1 aromatic carbocycles. The van der Waals surface area contributed by atoms with Crippen LogP contribution < -0.4 is 10.0 Å². The van der Waals surface area contributed by atoms with Crippen molar-refractivity contribution >= 4 is 36.1 Å². The van der Waals surface area contributed by atoms with Crippen LogP contribution in [0.4, 0.5) is 5.69 Å². The quantitative estimate of drug-likeness (QED) is 0.237. The first-order valence-electron chi connectivity index (χ1n) is 12.6. The molecule has 0 spiro atoms. The van der Waals surface area contributed by atoms with E-state index in [9.17, 15) is 9.90 Å². The molecule has 0 amide bonds. The van der Waals surface area contributed by atoms with Gasteiger partial charge in [-0.25, -0.2) is 0 Å². The number of rotatable bonds is 8. The Morgan fingerprint density at radius 3 is 1.97 bits per heavy atom. The Hall–Kier alpha value is -1.95. The van der Waals surface area contributed by atoms with E-state index in [-0.39, 0.29) is 0 Å². The molecule has 196 valence electrons. The summed E-state index contributed by atoms with van der Waals surface area (Å²) < 4.78 is 0. The van der Waals surface area contributed by atoms with Crippen LogP contribution in [0.15, 0.2) is 77.5 Å². The summed E-state index contributed by atoms with van der Waals surface area (Å²) in [6, 6.07) is 10.1. The molecule has 0 atom stereocenters. The van der Waals surface area contributed by atoms with E-state index in [1.807, 2.05) is 45.0 Å². The number of carboxylic acid groups (broad SMARTS) is 1. The molecule has 6 heteroatoms. The molecule has 0 saturated heterocycles. The van der Waals surface area contributed by atoms with Crippen LogP contribution in [0.2, 0.25) is 0 Å². The zero-order chi connectivity index (χ0) is 26.7. The Morgan fingerprint density at radius 2 is 1.60 bits per heavy atom. The van der Waals surface area contributed by atoms with Crippen molar-refractivity contribution in [3.63, 3.8) is 0 Å². The number of carboxylic acids is 1. The molecule has 2 aliphatic rings. The minimum atomic E-state index is -0.781. The number of aliphatic carboxylic acids is 1. The minimum absolute atomic E-state index is 0.541. The molecule has 0 aliphatic heterocycles. The number of nitrogens with zero attached hydrogens (tertiary/aromatic N) is 1. The molecule has 0 radical (unpaired) electrons. The highest BCUT2D eigenvalue weighted by molar-refractivity contribution is 7.77. The standard InChI is InChI=1S/C21H24ClNO2.C6H12.C2H6.H3NS/c1-4-17(11-12-21(13-14-21)20(24)25)19(22)15-16(3)23(5-2)18-9-7-6-8-10-18;1-2-4-6-5-3-1;2*1-2/h4,6-12,15H,1,5,13-14H2,2-3H3,(H,24,25);1-6H2;1-2H3;2H,1H2/b12-11+,16-15+,19-17-;;;. The third-order valence-corrected chi connectivity index (χ3v) is 6.27. The van der Waals surface area contributed by atoms with Crippen LogP contribution in [-0.2, 0) is 4.79 Å². The highest BCUT2D eigenvalue weighted by Crippen LogP contribution is 2.47. The van der Waals surface area contributed by atoms with Gasteiger partial charge in [0.05, 0.1) is 5.41 Å². The average molecular weight is 521 g/mol. The van der Waals surface area contributed by atoms with Gasteiger partial charge < -0.3 is 10.0 Å². The number of thiol groups is 1. The lowest BCUT2D eigenvalue weighted by Gasteiger charge is -2.24. The summed E-state index contributed by atoms with van der Waals surface area (Å²) in [5.74, 6) is -0.781. The van der Waals surface area contributed by atoms with Gasteiger partial charge in [-0.2, -0.15) is 0 Å². The van der Waals surface area contributed by atoms with E-state index in [4.69, 9.17) is 11.6 Å². The van der Waals surface area contributed by atoms with Crippen molar-refractivity contribution in [2.75, 3.05) is 11.4 Å². The molecule has 0 unspecified atom stereocenters. The lowest BCUT2D eigenvalue weighted by atomic mass is 10.0. The first kappa shape index (κ1) is 33.0. The van der Waals surface area contributed by atoms with Crippen molar-refractivity contribution in [3.8, 4) is 0 Å². The zero-order valence-electron chi connectivity index (χ0n) is 22.0. The molecule has 4 nitrogen and oxygen atoms in total. The summed E-state index contributed by atoms with van der Waals surface area (Å²) in [5, 5.41) is 14.0. The largest absolute Gasteiger partial charge is 0.481 e. The molecule has 0 heterocycles. The molecule has 2 saturated carbocycles. The fourth-order valence-corrected chi connectivity index (χ4v) is 4.03. The summed E-state index contributed by atoms with van der Waals surface area (Å²) >= 11 is 9.49. The topological polar surface area (TPSA) is 66.6 Å². The predicted molar refractivity (Wildman–Crippen MR) is 157 cm³/mol. The maximum atomic E-state index is 11.3. The Kier molecular flexibility index (Phi) is 18.2. The van der Waals surface area contributed by atoms with Crippen LogP contribution in [0.5, 0.6) is 0 Å². The predicted octanol–water partition coefficient (Wildman–Crippen LogP) is 8.67. The smallest absolute Gasteiger partial charge is 0.313 e. The summed E-state index contributed by atoms with van der Waals surface area (Å²) in [7, 11) is 0. The van der Waals surface area contributed by atoms with Crippen LogP contribution in [0.1, 0.15) is 79.1 Å². The van der Waals surface area contributed by atoms with Gasteiger partial charge in [-0.05, 0) is 50.5 Å². The average Bonchev–Trinajstić information content (AvgIpc) is 3.71. The number of carbonyl (C=O) groups is 1. The van der Waals surface area contributed by atoms with Crippen LogP contribution in [-0.4, -0.2) is 17.6 Å². The van der Waals surface area contributed by atoms with E-state index >= 15 is 0 Å². The van der Waals surface area contributed by atoms with Crippen LogP contribution >= 0.6 is 24.4 Å². The first-order valence-corrected chi connectivity index (χ1v) is 13.5. The van der Waals surface area contributed by atoms with Crippen molar-refractivity contribution in [3.05, 3.63) is 77.5 Å². The van der Waals surface area contributed by atoms with Gasteiger partial charge in [-0.3, -0.25) is 9.93 Å². The van der Waals surface area contributed by atoms with E-state index in [2.05, 4.69) is 48.5 Å². The minimum Gasteiger partial charge on any atom is -0.481 e. The number of halogens is 1. The summed E-state index contributed by atoms with van der Waals surface area (Å²) in [5.41, 5.74) is 2.11. The van der Waals surface area contributed by atoms with E-state index in [1.54, 1.807) is 18.2 Å². The Bertz CT molecular complexity index is 815. The molecule has 3 N–H and O–H groups in total. The highest BCUT2D eigenvalue weighted by Gasteiger charge is 2.47. The second-order valence-electron chi connectivity index (χ2n) is 8.29. The summed E-state index contributed by atoms with van der Waals surface area (Å²) in [4.78, 5) is 13.4. The van der Waals surface area contributed by atoms with E-state index in [1.165, 1.54) is 38.5 Å². The van der Waals surface area contributed by atoms with Crippen LogP contribution in [0.25, 0.3) is 0 Å². The lowest BCUT2D eigenvalue weighted by molar-refractivity contribution is -0.141. The van der Waals surface area contributed by atoms with E-state index in [0.717, 1.165) is 23.5 Å². The van der Waals surface area contributed by atoms with Crippen molar-refractivity contribution < 1.29 is 9.90 Å². The molecule has 3 rings (SSSR count). The number of hydrogen-bond donors (Lipinski definition) is 3. The third kappa shape index (κ3) is 12.0. The Morgan fingerprint density at radius 1 is 1.11 bits per heavy atom. The molecule has 1 aromatic rings. The normalized spacial score (nSPS) is 16.7. The van der Waals surface area contributed by atoms with Gasteiger partial charge in [-0.15, -0.1) is 12.8 Å². The summed E-state index contributed by atoms with van der Waals surface area (Å²) in [6.07, 6.45) is 17.4. The van der Waals surface area contributed by atoms with Gasteiger partial charge in [0.1, 0.15) is 0 Å². The number of nitrogens with two attached hydrogens (primary N) is 1. The molecular formula is C29H45ClN2O2S. The van der Waals surface area contributed by atoms with Crippen molar-refractivity contribution in [2.24, 2.45) is 10.6 Å². The van der Waals surface area contributed by atoms with Gasteiger partial charge in [0.2, 0.25) is 0 Å². The maximum absolute atomic E-state index is 11.3. The molecule has 2 fully saturated rings. The summed E-state index contributed by atoms with van der Waals surface area (Å²) in [6.45, 7) is 12.7. The first-order chi connectivity index (χ1) is 16.9. The number of allylic oxidation sites excluding steroid dienone is 6. The lowest BCUT2D eigenvalue weighted by Crippen LogP contribution is -2.20. The van der Waals surface area contributed by atoms with Crippen molar-refractivity contribution in [2.45, 2.75) is 79.1 Å². The van der Waals surface area contributed by atoms with E-state index < -0.39 is 11.4 Å². The van der Waals surface area contributed by atoms with Gasteiger partial charge in [-0.1, -0.05) is 107 Å². The molecule has 2 aliphatic carbocycles. The number of hydrogen-bond acceptors (Lipinski definition) is 4. The molecule has 35 heavy (non-hydrogen) atoms. The monoisotopic (exact) mass is 520 g/mol. The highest BCUT2D eigenvalue weighted by atomic mass is 35.5. The van der Waals surface area contributed by atoms with Crippen LogP contribution in [0, 0.1) is 5.41 Å². The Balaban J connectivity index is 0.000000975. The van der Waals surface area contributed by atoms with Gasteiger partial charge >= 0.3 is 5.97 Å². The van der Waals surface area contributed by atoms with Gasteiger partial charge in [0, 0.05) is 23.0 Å². The van der Waals surface area contributed by atoms with Crippen LogP contribution in [0.3, 0.4) is 0 Å². The molecular weight excluding hydrogens is 476 g/mol. The van der Waals surface area contributed by atoms with Gasteiger partial charge in [0.15, 0.2) is 0 Å². The van der Waals surface area contributed by atoms with E-state index in [0.29, 0.717) is 17.9 Å². The fourth-order valence-electron chi connectivity index (χ4n) is 3.73. The SMILES string of the molecule is C1CCCCC1.C=CC(/C=C/C1(C(=O)O)CC1)=C(Cl)\C=C(/C)N(CC)c1ccccc1.CC.NS. The number of para-hydroxylation sites is 1. The zero-order valence-corrected chi connectivity index (χ0v) is 23.6.